The van der Waals surface area contributed by atoms with Gasteiger partial charge in [0, 0.05) is 25.7 Å². The number of piperazine rings is 1. The van der Waals surface area contributed by atoms with Crippen LogP contribution in [0.1, 0.15) is 26.2 Å². The normalized spacial score (nSPS) is 31.4. The van der Waals surface area contributed by atoms with Crippen LogP contribution in [-0.4, -0.2) is 66.0 Å². The summed E-state index contributed by atoms with van der Waals surface area (Å²) in [6, 6.07) is -0.149. The van der Waals surface area contributed by atoms with E-state index in [0.29, 0.717) is 25.6 Å². The number of nitrogens with zero attached hydrogens (tertiary/aromatic N) is 2. The van der Waals surface area contributed by atoms with Crippen molar-refractivity contribution < 1.29 is 9.59 Å². The largest absolute Gasteiger partial charge is 0.368 e. The van der Waals surface area contributed by atoms with E-state index in [0.717, 1.165) is 25.9 Å². The van der Waals surface area contributed by atoms with E-state index in [9.17, 15) is 9.59 Å². The first-order valence-electron chi connectivity index (χ1n) is 7.32. The third kappa shape index (κ3) is 2.88. The molecule has 20 heavy (non-hydrogen) atoms. The second kappa shape index (κ2) is 5.97. The smallest absolute Gasteiger partial charge is 0.314 e. The van der Waals surface area contributed by atoms with E-state index < -0.39 is 17.5 Å². The van der Waals surface area contributed by atoms with E-state index in [-0.39, 0.29) is 6.54 Å². The summed E-state index contributed by atoms with van der Waals surface area (Å²) in [6.07, 6.45) is 2.86. The first-order chi connectivity index (χ1) is 9.48. The lowest BCUT2D eigenvalue weighted by molar-refractivity contribution is -0.126. The summed E-state index contributed by atoms with van der Waals surface area (Å²) in [4.78, 5) is 27.2. The number of urea groups is 1. The zero-order valence-electron chi connectivity index (χ0n) is 12.1. The van der Waals surface area contributed by atoms with E-state index in [1.54, 1.807) is 0 Å². The molecule has 3 amide bonds. The van der Waals surface area contributed by atoms with Gasteiger partial charge in [-0.2, -0.15) is 0 Å². The number of rotatable bonds is 4. The van der Waals surface area contributed by atoms with Gasteiger partial charge in [-0.25, -0.2) is 4.79 Å². The van der Waals surface area contributed by atoms with Crippen molar-refractivity contribution in [2.24, 2.45) is 11.5 Å². The number of amides is 3. The molecule has 2 rings (SSSR count). The average molecular weight is 283 g/mol. The van der Waals surface area contributed by atoms with Gasteiger partial charge < -0.3 is 26.6 Å². The summed E-state index contributed by atoms with van der Waals surface area (Å²) in [5, 5.41) is 3.24. The number of nitrogens with two attached hydrogens (primary N) is 2. The van der Waals surface area contributed by atoms with Gasteiger partial charge in [0.25, 0.3) is 0 Å². The molecule has 0 bridgehead atoms. The summed E-state index contributed by atoms with van der Waals surface area (Å²) in [5.74, 6) is -0.397. The molecule has 0 aromatic rings. The molecule has 7 heteroatoms. The Morgan fingerprint density at radius 1 is 1.35 bits per heavy atom. The fourth-order valence-electron chi connectivity index (χ4n) is 3.43. The quantitative estimate of drug-likeness (QED) is 0.620. The van der Waals surface area contributed by atoms with Crippen molar-refractivity contribution in [3.8, 4) is 0 Å². The Labute approximate surface area is 119 Å². The zero-order chi connectivity index (χ0) is 14.8. The number of carbonyl (C=O) groups is 2. The van der Waals surface area contributed by atoms with Crippen molar-refractivity contribution in [1.29, 1.82) is 0 Å². The van der Waals surface area contributed by atoms with Gasteiger partial charge in [-0.15, -0.1) is 0 Å². The van der Waals surface area contributed by atoms with Crippen molar-refractivity contribution >= 4 is 11.9 Å². The Hall–Kier alpha value is -1.34. The minimum Gasteiger partial charge on any atom is -0.368 e. The second-order valence-corrected chi connectivity index (χ2v) is 5.76. The summed E-state index contributed by atoms with van der Waals surface area (Å²) in [6.45, 7) is 5.50. The van der Waals surface area contributed by atoms with Gasteiger partial charge in [-0.05, 0) is 32.4 Å². The highest BCUT2D eigenvalue weighted by Crippen LogP contribution is 2.27. The lowest BCUT2D eigenvalue weighted by Gasteiger charge is -2.43. The maximum atomic E-state index is 12.0. The van der Waals surface area contributed by atoms with Crippen LogP contribution in [0.25, 0.3) is 0 Å². The van der Waals surface area contributed by atoms with Gasteiger partial charge >= 0.3 is 6.03 Å². The first kappa shape index (κ1) is 15.1. The van der Waals surface area contributed by atoms with Crippen molar-refractivity contribution in [2.75, 3.05) is 32.7 Å². The maximum Gasteiger partial charge on any atom is 0.314 e. The average Bonchev–Trinajstić information content (AvgIpc) is 2.85. The van der Waals surface area contributed by atoms with Crippen LogP contribution in [0.15, 0.2) is 0 Å². The zero-order valence-corrected chi connectivity index (χ0v) is 12.1. The highest BCUT2D eigenvalue weighted by molar-refractivity contribution is 5.86. The van der Waals surface area contributed by atoms with E-state index in [1.807, 2.05) is 0 Å². The monoisotopic (exact) mass is 283 g/mol. The van der Waals surface area contributed by atoms with Crippen LogP contribution in [0.4, 0.5) is 4.79 Å². The molecule has 2 aliphatic heterocycles. The fraction of sp³-hybridized carbons (Fsp3) is 0.846. The van der Waals surface area contributed by atoms with Gasteiger partial charge in [0.15, 0.2) is 0 Å². The molecule has 2 unspecified atom stereocenters. The minimum absolute atomic E-state index is 0.270. The number of likely N-dealkylation sites (tertiary alicyclic amines) is 1. The molecule has 2 saturated heterocycles. The van der Waals surface area contributed by atoms with Gasteiger partial charge in [0.1, 0.15) is 5.54 Å². The maximum absolute atomic E-state index is 12.0. The molecule has 0 spiro atoms. The number of hydrogen-bond donors (Lipinski definition) is 3. The van der Waals surface area contributed by atoms with Crippen molar-refractivity contribution in [3.63, 3.8) is 0 Å². The Kier molecular flexibility index (Phi) is 4.49. The third-order valence-corrected chi connectivity index (χ3v) is 4.58. The van der Waals surface area contributed by atoms with E-state index in [4.69, 9.17) is 11.5 Å². The molecule has 2 aliphatic rings. The highest BCUT2D eigenvalue weighted by atomic mass is 16.2. The molecule has 2 atom stereocenters. The molecule has 0 saturated carbocycles. The highest BCUT2D eigenvalue weighted by Gasteiger charge is 2.44. The van der Waals surface area contributed by atoms with Crippen LogP contribution in [0.3, 0.4) is 0 Å². The summed E-state index contributed by atoms with van der Waals surface area (Å²) < 4.78 is 0. The van der Waals surface area contributed by atoms with Crippen molar-refractivity contribution in [3.05, 3.63) is 0 Å². The summed E-state index contributed by atoms with van der Waals surface area (Å²) in [7, 11) is 0. The van der Waals surface area contributed by atoms with Crippen LogP contribution in [-0.2, 0) is 4.79 Å². The molecule has 2 heterocycles. The van der Waals surface area contributed by atoms with Gasteiger partial charge in [0.05, 0.1) is 0 Å². The third-order valence-electron chi connectivity index (χ3n) is 4.58. The Balaban J connectivity index is 2.13. The van der Waals surface area contributed by atoms with E-state index in [1.165, 1.54) is 4.90 Å². The lowest BCUT2D eigenvalue weighted by atomic mass is 9.86. The van der Waals surface area contributed by atoms with Crippen LogP contribution in [0, 0.1) is 0 Å². The number of primary amides is 2. The fourth-order valence-corrected chi connectivity index (χ4v) is 3.43. The molecular weight excluding hydrogens is 258 g/mol. The van der Waals surface area contributed by atoms with E-state index in [2.05, 4.69) is 17.1 Å². The van der Waals surface area contributed by atoms with Crippen LogP contribution < -0.4 is 16.8 Å². The molecular formula is C13H25N5O2. The van der Waals surface area contributed by atoms with Gasteiger partial charge in [-0.3, -0.25) is 4.79 Å². The summed E-state index contributed by atoms with van der Waals surface area (Å²) in [5.41, 5.74) is 10.1. The van der Waals surface area contributed by atoms with Gasteiger partial charge in [0.2, 0.25) is 5.91 Å². The standard InChI is InChI=1S/C13H25N5O2/c1-2-17-6-3-4-10(17)8-13(11(14)19)9-18(12(15)20)7-5-16-13/h10,16H,2-9H2,1H3,(H2,14,19)(H2,15,20). The first-order valence-corrected chi connectivity index (χ1v) is 7.32. The van der Waals surface area contributed by atoms with Crippen LogP contribution in [0.5, 0.6) is 0 Å². The van der Waals surface area contributed by atoms with Crippen molar-refractivity contribution in [2.45, 2.75) is 37.8 Å². The number of hydrogen-bond acceptors (Lipinski definition) is 4. The molecule has 0 aromatic carbocycles. The lowest BCUT2D eigenvalue weighted by Crippen LogP contribution is -2.69. The minimum atomic E-state index is -0.851. The van der Waals surface area contributed by atoms with Crippen molar-refractivity contribution in [1.82, 2.24) is 15.1 Å². The molecule has 0 aliphatic carbocycles. The second-order valence-electron chi connectivity index (χ2n) is 5.76. The molecule has 7 nitrogen and oxygen atoms in total. The molecule has 114 valence electrons. The summed E-state index contributed by atoms with van der Waals surface area (Å²) >= 11 is 0. The Morgan fingerprint density at radius 2 is 2.10 bits per heavy atom. The predicted octanol–water partition coefficient (Wildman–Crippen LogP) is -0.931. The molecule has 2 fully saturated rings. The van der Waals surface area contributed by atoms with Crippen LogP contribution >= 0.6 is 0 Å². The molecule has 0 radical (unpaired) electrons. The van der Waals surface area contributed by atoms with Crippen LogP contribution in [0.2, 0.25) is 0 Å². The van der Waals surface area contributed by atoms with Gasteiger partial charge in [-0.1, -0.05) is 6.92 Å². The SMILES string of the molecule is CCN1CCCC1CC1(C(N)=O)CN(C(N)=O)CCN1. The number of carbonyl (C=O) groups excluding carboxylic acids is 2. The molecule has 5 N–H and O–H groups in total. The topological polar surface area (TPSA) is 105 Å². The van der Waals surface area contributed by atoms with E-state index >= 15 is 0 Å². The predicted molar refractivity (Wildman–Crippen MR) is 76.0 cm³/mol. The Morgan fingerprint density at radius 3 is 2.70 bits per heavy atom. The molecule has 0 aromatic heterocycles. The Bertz CT molecular complexity index is 389. The number of nitrogens with one attached hydrogen (secondary N) is 1.